The van der Waals surface area contributed by atoms with E-state index < -0.39 is 41.5 Å². The van der Waals surface area contributed by atoms with E-state index in [9.17, 15) is 21.9 Å². The molecule has 3 N–H and O–H groups in total. The van der Waals surface area contributed by atoms with Crippen LogP contribution in [0.1, 0.15) is 0 Å². The molecule has 0 aliphatic heterocycles. The van der Waals surface area contributed by atoms with Crippen molar-refractivity contribution in [3.63, 3.8) is 0 Å². The largest absolute Gasteiger partial charge is 0.505 e. The molecule has 0 fully saturated rings. The van der Waals surface area contributed by atoms with Crippen LogP contribution in [0.2, 0.25) is 0 Å². The molecular weight excluding hydrogens is 534 g/mol. The van der Waals surface area contributed by atoms with Gasteiger partial charge in [0.2, 0.25) is 0 Å². The standard InChI is InChI=1S/C24H21N5O7S2/c1-35-37(31,32)18-13-15-14-19(38(33,34)36-2)23(29-27-17-11-7-4-8-12-17)24(30)20(15)21(25)22(18)28-26-16-9-5-3-6-10-16/h3-14,30H,25H2,1-2H3. The molecule has 0 bridgehead atoms. The normalized spacial score (nSPS) is 12.6. The van der Waals surface area contributed by atoms with E-state index in [4.69, 9.17) is 5.73 Å². The molecule has 0 atom stereocenters. The lowest BCUT2D eigenvalue weighted by Gasteiger charge is -2.15. The van der Waals surface area contributed by atoms with Crippen molar-refractivity contribution in [3.05, 3.63) is 72.8 Å². The highest BCUT2D eigenvalue weighted by Crippen LogP contribution is 2.48. The van der Waals surface area contributed by atoms with E-state index in [1.807, 2.05) is 0 Å². The highest BCUT2D eigenvalue weighted by molar-refractivity contribution is 7.87. The number of fused-ring (bicyclic) bond motifs is 1. The smallest absolute Gasteiger partial charge is 0.299 e. The zero-order chi connectivity index (χ0) is 27.5. The Kier molecular flexibility index (Phi) is 7.50. The Balaban J connectivity index is 2.07. The van der Waals surface area contributed by atoms with E-state index in [-0.39, 0.29) is 22.1 Å². The third-order valence-electron chi connectivity index (χ3n) is 5.34. The SMILES string of the molecule is COS(=O)(=O)c1cc2cc(S(=O)(=O)OC)c(N=Nc3ccccc3)c(O)c2c(N)c1N=Nc1ccccc1. The second kappa shape index (κ2) is 10.6. The molecular formula is C24H21N5O7S2. The summed E-state index contributed by atoms with van der Waals surface area (Å²) in [5.74, 6) is -0.687. The van der Waals surface area contributed by atoms with Gasteiger partial charge in [0.15, 0.2) is 5.75 Å². The lowest BCUT2D eigenvalue weighted by Crippen LogP contribution is -2.07. The van der Waals surface area contributed by atoms with Crippen LogP contribution in [-0.2, 0) is 28.6 Å². The van der Waals surface area contributed by atoms with Crippen molar-refractivity contribution < 1.29 is 30.3 Å². The van der Waals surface area contributed by atoms with Crippen LogP contribution in [0.25, 0.3) is 10.8 Å². The number of aromatic hydroxyl groups is 1. The van der Waals surface area contributed by atoms with Crippen molar-refractivity contribution in [1.29, 1.82) is 0 Å². The molecule has 0 saturated heterocycles. The molecule has 0 unspecified atom stereocenters. The number of nitrogens with zero attached hydrogens (tertiary/aromatic N) is 4. The summed E-state index contributed by atoms with van der Waals surface area (Å²) in [5.41, 5.74) is 5.98. The van der Waals surface area contributed by atoms with Gasteiger partial charge in [0, 0.05) is 0 Å². The number of nitrogen functional groups attached to an aromatic ring is 1. The fraction of sp³-hybridized carbons (Fsp3) is 0.0833. The van der Waals surface area contributed by atoms with Crippen molar-refractivity contribution in [2.24, 2.45) is 20.5 Å². The number of hydrogen-bond donors (Lipinski definition) is 2. The molecule has 0 heterocycles. The maximum absolute atomic E-state index is 12.8. The Labute approximate surface area is 218 Å². The number of nitrogens with two attached hydrogens (primary N) is 1. The number of phenolic OH excluding ortho intramolecular Hbond substituents is 1. The average molecular weight is 556 g/mol. The number of rotatable bonds is 8. The van der Waals surface area contributed by atoms with Crippen molar-refractivity contribution >= 4 is 59.4 Å². The summed E-state index contributed by atoms with van der Waals surface area (Å²) in [4.78, 5) is -1.06. The monoisotopic (exact) mass is 555 g/mol. The summed E-state index contributed by atoms with van der Waals surface area (Å²) < 4.78 is 60.3. The van der Waals surface area contributed by atoms with Crippen LogP contribution in [0.15, 0.2) is 103 Å². The second-order valence-electron chi connectivity index (χ2n) is 7.62. The quantitative estimate of drug-likeness (QED) is 0.159. The van der Waals surface area contributed by atoms with Gasteiger partial charge >= 0.3 is 0 Å². The van der Waals surface area contributed by atoms with E-state index in [0.717, 1.165) is 26.4 Å². The van der Waals surface area contributed by atoms with E-state index >= 15 is 0 Å². The lowest BCUT2D eigenvalue weighted by molar-refractivity contribution is 0.397. The summed E-state index contributed by atoms with van der Waals surface area (Å²) in [7, 11) is -6.98. The van der Waals surface area contributed by atoms with Gasteiger partial charge in [-0.05, 0) is 41.8 Å². The van der Waals surface area contributed by atoms with E-state index in [0.29, 0.717) is 11.4 Å². The first-order valence-corrected chi connectivity index (χ1v) is 13.6. The zero-order valence-electron chi connectivity index (χ0n) is 20.0. The van der Waals surface area contributed by atoms with Crippen molar-refractivity contribution in [2.75, 3.05) is 20.0 Å². The molecule has 4 rings (SSSR count). The van der Waals surface area contributed by atoms with Gasteiger partial charge in [-0.2, -0.15) is 27.1 Å². The predicted octanol–water partition coefficient (Wildman–Crippen LogP) is 5.63. The number of azo groups is 2. The van der Waals surface area contributed by atoms with Crippen LogP contribution in [0, 0.1) is 0 Å². The molecule has 0 aromatic heterocycles. The maximum atomic E-state index is 12.8. The molecule has 0 saturated carbocycles. The third kappa shape index (κ3) is 5.24. The highest BCUT2D eigenvalue weighted by atomic mass is 32.2. The predicted molar refractivity (Wildman–Crippen MR) is 140 cm³/mol. The van der Waals surface area contributed by atoms with Crippen molar-refractivity contribution in [1.82, 2.24) is 0 Å². The van der Waals surface area contributed by atoms with Crippen molar-refractivity contribution in [2.45, 2.75) is 9.79 Å². The minimum absolute atomic E-state index is 0.0661. The van der Waals surface area contributed by atoms with Crippen LogP contribution >= 0.6 is 0 Å². The number of hydrogen-bond acceptors (Lipinski definition) is 12. The Morgan fingerprint density at radius 1 is 0.684 bits per heavy atom. The first-order chi connectivity index (χ1) is 18.1. The van der Waals surface area contributed by atoms with Crippen LogP contribution < -0.4 is 5.73 Å². The minimum Gasteiger partial charge on any atom is -0.505 e. The number of benzene rings is 4. The van der Waals surface area contributed by atoms with Crippen LogP contribution in [-0.4, -0.2) is 36.2 Å². The van der Waals surface area contributed by atoms with Crippen LogP contribution in [0.4, 0.5) is 28.4 Å². The first-order valence-electron chi connectivity index (χ1n) is 10.8. The van der Waals surface area contributed by atoms with Gasteiger partial charge in [-0.1, -0.05) is 36.4 Å². The van der Waals surface area contributed by atoms with Gasteiger partial charge in [0.05, 0.1) is 36.7 Å². The van der Waals surface area contributed by atoms with Crippen LogP contribution in [0.3, 0.4) is 0 Å². The Morgan fingerprint density at radius 3 is 1.55 bits per heavy atom. The highest BCUT2D eigenvalue weighted by Gasteiger charge is 2.29. The molecule has 14 heteroatoms. The first kappa shape index (κ1) is 26.8. The molecule has 4 aromatic carbocycles. The third-order valence-corrected chi connectivity index (χ3v) is 7.91. The van der Waals surface area contributed by atoms with E-state index in [1.54, 1.807) is 60.7 Å². The van der Waals surface area contributed by atoms with Gasteiger partial charge in [0.25, 0.3) is 20.2 Å². The molecule has 0 amide bonds. The molecule has 38 heavy (non-hydrogen) atoms. The molecule has 0 aliphatic rings. The van der Waals surface area contributed by atoms with E-state index in [1.165, 1.54) is 0 Å². The van der Waals surface area contributed by atoms with Gasteiger partial charge in [-0.3, -0.25) is 8.37 Å². The number of phenols is 1. The van der Waals surface area contributed by atoms with Gasteiger partial charge in [0.1, 0.15) is 21.2 Å². The fourth-order valence-corrected chi connectivity index (χ4v) is 5.14. The molecule has 12 nitrogen and oxygen atoms in total. The molecule has 4 aromatic rings. The second-order valence-corrected chi connectivity index (χ2v) is 11.0. The average Bonchev–Trinajstić information content (AvgIpc) is 2.92. The Hall–Kier alpha value is -4.24. The Morgan fingerprint density at radius 2 is 1.11 bits per heavy atom. The summed E-state index contributed by atoms with van der Waals surface area (Å²) >= 11 is 0. The zero-order valence-corrected chi connectivity index (χ0v) is 21.6. The van der Waals surface area contributed by atoms with Gasteiger partial charge < -0.3 is 10.8 Å². The van der Waals surface area contributed by atoms with Gasteiger partial charge in [-0.15, -0.1) is 10.2 Å². The minimum atomic E-state index is -4.45. The molecule has 0 radical (unpaired) electrons. The summed E-state index contributed by atoms with van der Waals surface area (Å²) in [6, 6.07) is 18.9. The van der Waals surface area contributed by atoms with E-state index in [2.05, 4.69) is 28.8 Å². The van der Waals surface area contributed by atoms with Crippen molar-refractivity contribution in [3.8, 4) is 5.75 Å². The van der Waals surface area contributed by atoms with Gasteiger partial charge in [-0.25, -0.2) is 0 Å². The molecule has 0 aliphatic carbocycles. The Bertz CT molecular complexity index is 1650. The van der Waals surface area contributed by atoms with Crippen LogP contribution in [0.5, 0.6) is 5.75 Å². The maximum Gasteiger partial charge on any atom is 0.299 e. The molecule has 196 valence electrons. The number of anilines is 1. The fourth-order valence-electron chi connectivity index (χ4n) is 3.48. The molecule has 0 spiro atoms. The summed E-state index contributed by atoms with van der Waals surface area (Å²) in [5, 5.41) is 27.0. The lowest BCUT2D eigenvalue weighted by atomic mass is 10.1. The summed E-state index contributed by atoms with van der Waals surface area (Å²) in [6.07, 6.45) is 0. The summed E-state index contributed by atoms with van der Waals surface area (Å²) in [6.45, 7) is 0. The topological polar surface area (TPSA) is 182 Å².